The third kappa shape index (κ3) is 7.47. The first-order valence-corrected chi connectivity index (χ1v) is 14.6. The summed E-state index contributed by atoms with van der Waals surface area (Å²) in [6.45, 7) is 5.10. The van der Waals surface area contributed by atoms with Crippen LogP contribution in [0.25, 0.3) is 0 Å². The number of halogens is 1. The highest BCUT2D eigenvalue weighted by Crippen LogP contribution is 2.34. The van der Waals surface area contributed by atoms with Gasteiger partial charge in [-0.25, -0.2) is 9.59 Å². The number of nitrogens with zero attached hydrogens (tertiary/aromatic N) is 2. The van der Waals surface area contributed by atoms with Gasteiger partial charge in [-0.3, -0.25) is 9.69 Å². The lowest BCUT2D eigenvalue weighted by Gasteiger charge is -2.30. The lowest BCUT2D eigenvalue weighted by Crippen LogP contribution is -3.15. The van der Waals surface area contributed by atoms with E-state index in [1.165, 1.54) is 12.8 Å². The number of benzene rings is 1. The smallest absolute Gasteiger partial charge is 0.409 e. The first kappa shape index (κ1) is 27.9. The molecule has 8 heteroatoms. The average Bonchev–Trinajstić information content (AvgIpc) is 3.63. The molecule has 1 aromatic rings. The molecule has 1 saturated carbocycles. The summed E-state index contributed by atoms with van der Waals surface area (Å²) in [6.07, 6.45) is 8.35. The van der Waals surface area contributed by atoms with E-state index in [1.54, 1.807) is 11.9 Å². The number of hydrogen-bond acceptors (Lipinski definition) is 4. The van der Waals surface area contributed by atoms with Crippen molar-refractivity contribution in [2.75, 3.05) is 39.8 Å². The van der Waals surface area contributed by atoms with Crippen LogP contribution in [0.15, 0.2) is 24.3 Å². The van der Waals surface area contributed by atoms with E-state index in [1.807, 2.05) is 29.2 Å². The second-order valence-corrected chi connectivity index (χ2v) is 11.6. The fraction of sp³-hybridized carbons (Fsp3) is 0.690. The highest BCUT2D eigenvalue weighted by Gasteiger charge is 2.43. The summed E-state index contributed by atoms with van der Waals surface area (Å²) in [6, 6.07) is 7.55. The fourth-order valence-corrected chi connectivity index (χ4v) is 5.94. The van der Waals surface area contributed by atoms with Crippen molar-refractivity contribution in [1.29, 1.82) is 0 Å². The Hall–Kier alpha value is -2.12. The van der Waals surface area contributed by atoms with Gasteiger partial charge in [0.2, 0.25) is 5.91 Å². The van der Waals surface area contributed by atoms with E-state index in [9.17, 15) is 14.4 Å². The summed E-state index contributed by atoms with van der Waals surface area (Å²) >= 11 is 6.13. The molecule has 4 rings (SSSR count). The highest BCUT2D eigenvalue weighted by molar-refractivity contribution is 6.30. The van der Waals surface area contributed by atoms with Gasteiger partial charge < -0.3 is 14.5 Å². The molecule has 3 amide bonds. The number of likely N-dealkylation sites (N-methyl/N-ethyl adjacent to an activating group) is 1. The molecule has 204 valence electrons. The summed E-state index contributed by atoms with van der Waals surface area (Å²) in [5.41, 5.74) is 1.07. The number of hydrogen-bond donors (Lipinski definition) is 1. The van der Waals surface area contributed by atoms with Crippen LogP contribution in [0.1, 0.15) is 76.2 Å². The van der Waals surface area contributed by atoms with Gasteiger partial charge in [0.1, 0.15) is 0 Å². The maximum absolute atomic E-state index is 13.6. The molecule has 37 heavy (non-hydrogen) atoms. The third-order valence-electron chi connectivity index (χ3n) is 8.47. The van der Waals surface area contributed by atoms with E-state index < -0.39 is 0 Å². The molecule has 1 N–H and O–H groups in total. The molecule has 1 aromatic carbocycles. The summed E-state index contributed by atoms with van der Waals surface area (Å²) in [7, 11) is 1.78. The zero-order valence-electron chi connectivity index (χ0n) is 22.4. The Morgan fingerprint density at radius 2 is 1.76 bits per heavy atom. The molecule has 1 aliphatic carbocycles. The number of ether oxygens (including phenoxy) is 1. The van der Waals surface area contributed by atoms with Gasteiger partial charge in [-0.05, 0) is 36.5 Å². The second kappa shape index (κ2) is 13.1. The number of carbonyl (C=O) groups excluding carboxylic acids is 3. The van der Waals surface area contributed by atoms with E-state index in [-0.39, 0.29) is 29.9 Å². The van der Waals surface area contributed by atoms with E-state index in [2.05, 4.69) is 6.92 Å². The maximum atomic E-state index is 13.6. The minimum Gasteiger partial charge on any atom is -0.449 e. The van der Waals surface area contributed by atoms with Crippen LogP contribution in [0.5, 0.6) is 0 Å². The Kier molecular flexibility index (Phi) is 9.88. The molecule has 0 bridgehead atoms. The molecule has 7 nitrogen and oxygen atoms in total. The zero-order valence-corrected chi connectivity index (χ0v) is 23.2. The second-order valence-electron chi connectivity index (χ2n) is 11.2. The molecule has 2 unspecified atom stereocenters. The standard InChI is InChI=1S/C29H42ClN3O4/c1-3-4-5-6-27(34)32-16-13-23(14-17-32)28(35)33-19-25(22-9-11-24(30)12-10-22)26(20-33)31(2)29(36)37-18-15-21-7-8-21/h9-12,21,23,25-26H,3-8,13-20H2,1-2H3/p+1. The van der Waals surface area contributed by atoms with Crippen LogP contribution in [-0.4, -0.2) is 73.6 Å². The van der Waals surface area contributed by atoms with Gasteiger partial charge in [0.05, 0.1) is 32.2 Å². The molecular weight excluding hydrogens is 490 g/mol. The fourth-order valence-electron chi connectivity index (χ4n) is 5.82. The molecule has 2 atom stereocenters. The number of likely N-dealkylation sites (tertiary alicyclic amines) is 2. The molecule has 2 saturated heterocycles. The monoisotopic (exact) mass is 532 g/mol. The molecule has 3 aliphatic rings. The van der Waals surface area contributed by atoms with Gasteiger partial charge >= 0.3 is 12.0 Å². The van der Waals surface area contributed by atoms with Crippen molar-refractivity contribution >= 4 is 29.5 Å². The van der Waals surface area contributed by atoms with Crippen LogP contribution >= 0.6 is 11.6 Å². The quantitative estimate of drug-likeness (QED) is 0.464. The van der Waals surface area contributed by atoms with Crippen molar-refractivity contribution in [3.05, 3.63) is 34.9 Å². The topological polar surface area (TPSA) is 71.4 Å². The molecule has 2 aliphatic heterocycles. The average molecular weight is 533 g/mol. The van der Waals surface area contributed by atoms with Gasteiger partial charge in [0, 0.05) is 49.8 Å². The Morgan fingerprint density at radius 3 is 2.41 bits per heavy atom. The predicted octanol–water partition coefficient (Wildman–Crippen LogP) is 3.90. The van der Waals surface area contributed by atoms with E-state index >= 15 is 0 Å². The van der Waals surface area contributed by atoms with Crippen LogP contribution < -0.4 is 4.90 Å². The summed E-state index contributed by atoms with van der Waals surface area (Å²) in [5, 5.41) is 0.664. The van der Waals surface area contributed by atoms with E-state index in [0.717, 1.165) is 62.1 Å². The Labute approximate surface area is 226 Å². The van der Waals surface area contributed by atoms with Crippen LogP contribution in [0.3, 0.4) is 0 Å². The number of carbonyl (C=O) groups is 3. The number of nitrogens with one attached hydrogen (secondary N) is 1. The van der Waals surface area contributed by atoms with Gasteiger partial charge in [0.25, 0.3) is 0 Å². The van der Waals surface area contributed by atoms with Gasteiger partial charge in [-0.2, -0.15) is 0 Å². The predicted molar refractivity (Wildman–Crippen MR) is 144 cm³/mol. The molecular formula is C29H43ClN3O4+. The van der Waals surface area contributed by atoms with E-state index in [4.69, 9.17) is 16.3 Å². The van der Waals surface area contributed by atoms with Crippen LogP contribution in [0, 0.1) is 11.8 Å². The lowest BCUT2D eigenvalue weighted by atomic mass is 9.93. The van der Waals surface area contributed by atoms with Crippen LogP contribution in [-0.2, 0) is 14.3 Å². The maximum Gasteiger partial charge on any atom is 0.409 e. The minimum absolute atomic E-state index is 0.00643. The minimum atomic E-state index is -0.322. The Morgan fingerprint density at radius 1 is 1.05 bits per heavy atom. The number of rotatable bonds is 10. The molecule has 0 aromatic heterocycles. The van der Waals surface area contributed by atoms with Crippen molar-refractivity contribution < 1.29 is 24.0 Å². The van der Waals surface area contributed by atoms with Crippen molar-refractivity contribution in [1.82, 2.24) is 9.80 Å². The number of quaternary nitrogens is 1. The molecule has 0 radical (unpaired) electrons. The Bertz CT molecular complexity index is 928. The normalized spacial score (nSPS) is 25.6. The van der Waals surface area contributed by atoms with E-state index in [0.29, 0.717) is 43.0 Å². The number of unbranched alkanes of at least 4 members (excludes halogenated alkanes) is 2. The first-order valence-electron chi connectivity index (χ1n) is 14.2. The van der Waals surface area contributed by atoms with Gasteiger partial charge in [-0.15, -0.1) is 0 Å². The number of piperidine rings is 1. The van der Waals surface area contributed by atoms with Crippen molar-refractivity contribution in [3.8, 4) is 0 Å². The van der Waals surface area contributed by atoms with Gasteiger partial charge in [0.15, 0.2) is 0 Å². The van der Waals surface area contributed by atoms with Crippen molar-refractivity contribution in [2.24, 2.45) is 11.8 Å². The third-order valence-corrected chi connectivity index (χ3v) is 8.72. The molecule has 0 spiro atoms. The van der Waals surface area contributed by atoms with Gasteiger partial charge in [-0.1, -0.05) is 56.3 Å². The lowest BCUT2D eigenvalue weighted by molar-refractivity contribution is -0.827. The van der Waals surface area contributed by atoms with Crippen LogP contribution in [0.2, 0.25) is 5.02 Å². The summed E-state index contributed by atoms with van der Waals surface area (Å²) in [4.78, 5) is 43.6. The number of amides is 3. The Balaban J connectivity index is 1.37. The van der Waals surface area contributed by atoms with Crippen molar-refractivity contribution in [2.45, 2.75) is 76.7 Å². The highest BCUT2D eigenvalue weighted by atomic mass is 35.5. The molecule has 3 fully saturated rings. The van der Waals surface area contributed by atoms with Crippen molar-refractivity contribution in [3.63, 3.8) is 0 Å². The van der Waals surface area contributed by atoms with Crippen LogP contribution in [0.4, 0.5) is 4.79 Å². The molecule has 2 heterocycles. The summed E-state index contributed by atoms with van der Waals surface area (Å²) < 4.78 is 5.58. The SMILES string of the molecule is CCCCCC(=O)[NH+]1CCC(C(=O)N2CC(c3ccc(Cl)cc3)C(N(C)C(=O)OCCC3CC3)C2)CC1. The summed E-state index contributed by atoms with van der Waals surface area (Å²) in [5.74, 6) is 1.08. The zero-order chi connectivity index (χ0) is 26.4. The first-order chi connectivity index (χ1) is 17.9. The largest absolute Gasteiger partial charge is 0.449 e.